The van der Waals surface area contributed by atoms with Crippen LogP contribution in [-0.2, 0) is 4.79 Å². The molecule has 1 aromatic rings. The summed E-state index contributed by atoms with van der Waals surface area (Å²) in [6.45, 7) is 1.41. The smallest absolute Gasteiger partial charge is 0.426 e. The van der Waals surface area contributed by atoms with Gasteiger partial charge >= 0.3 is 7.12 Å². The van der Waals surface area contributed by atoms with Crippen LogP contribution in [0.3, 0.4) is 0 Å². The van der Waals surface area contributed by atoms with Gasteiger partial charge in [0, 0.05) is 13.1 Å². The van der Waals surface area contributed by atoms with Gasteiger partial charge in [-0.05, 0) is 30.7 Å². The first kappa shape index (κ1) is 14.6. The SMILES string of the molecule is O=C(C1C[C@@H](c2ccccc2)CN1)N1CCC[C@H]1B(O)O. The third kappa shape index (κ3) is 2.97. The Hall–Kier alpha value is -1.37. The molecule has 0 radical (unpaired) electrons. The predicted octanol–water partition coefficient (Wildman–Crippen LogP) is 0.135. The van der Waals surface area contributed by atoms with Crippen molar-refractivity contribution in [2.24, 2.45) is 0 Å². The van der Waals surface area contributed by atoms with E-state index >= 15 is 0 Å². The normalized spacial score (nSPS) is 28.9. The van der Waals surface area contributed by atoms with Crippen molar-refractivity contribution in [3.8, 4) is 0 Å². The van der Waals surface area contributed by atoms with Crippen LogP contribution < -0.4 is 5.32 Å². The Labute approximate surface area is 125 Å². The molecule has 2 aliphatic rings. The van der Waals surface area contributed by atoms with Gasteiger partial charge < -0.3 is 20.3 Å². The van der Waals surface area contributed by atoms with Crippen molar-refractivity contribution < 1.29 is 14.8 Å². The highest BCUT2D eigenvalue weighted by Gasteiger charge is 2.41. The van der Waals surface area contributed by atoms with Crippen molar-refractivity contribution in [1.29, 1.82) is 0 Å². The third-order valence-electron chi connectivity index (χ3n) is 4.63. The molecular formula is C15H21BN2O3. The fourth-order valence-electron chi connectivity index (χ4n) is 3.48. The minimum Gasteiger partial charge on any atom is -0.426 e. The van der Waals surface area contributed by atoms with Crippen LogP contribution in [0.1, 0.15) is 30.7 Å². The molecule has 0 spiro atoms. The second-order valence-corrected chi connectivity index (χ2v) is 5.96. The van der Waals surface area contributed by atoms with Crippen molar-refractivity contribution in [2.75, 3.05) is 13.1 Å². The van der Waals surface area contributed by atoms with E-state index < -0.39 is 13.1 Å². The lowest BCUT2D eigenvalue weighted by Gasteiger charge is -2.26. The lowest BCUT2D eigenvalue weighted by atomic mass is 9.77. The van der Waals surface area contributed by atoms with E-state index in [0.29, 0.717) is 18.9 Å². The van der Waals surface area contributed by atoms with Gasteiger partial charge in [0.2, 0.25) is 5.91 Å². The highest BCUT2D eigenvalue weighted by molar-refractivity contribution is 6.43. The summed E-state index contributed by atoms with van der Waals surface area (Å²) in [5.74, 6) is -0.0978. The average Bonchev–Trinajstić information content (AvgIpc) is 3.17. The lowest BCUT2D eigenvalue weighted by molar-refractivity contribution is -0.133. The van der Waals surface area contributed by atoms with Gasteiger partial charge in [-0.2, -0.15) is 0 Å². The zero-order valence-corrected chi connectivity index (χ0v) is 12.0. The summed E-state index contributed by atoms with van der Waals surface area (Å²) in [6, 6.07) is 10.00. The van der Waals surface area contributed by atoms with Crippen molar-refractivity contribution >= 4 is 13.0 Å². The van der Waals surface area contributed by atoms with Crippen molar-refractivity contribution in [1.82, 2.24) is 10.2 Å². The summed E-state index contributed by atoms with van der Waals surface area (Å²) < 4.78 is 0. The van der Waals surface area contributed by atoms with Crippen molar-refractivity contribution in [3.05, 3.63) is 35.9 Å². The molecule has 0 aliphatic carbocycles. The van der Waals surface area contributed by atoms with E-state index in [2.05, 4.69) is 17.4 Å². The lowest BCUT2D eigenvalue weighted by Crippen LogP contribution is -2.51. The summed E-state index contributed by atoms with van der Waals surface area (Å²) in [5.41, 5.74) is 1.25. The van der Waals surface area contributed by atoms with Crippen LogP contribution in [0, 0.1) is 0 Å². The van der Waals surface area contributed by atoms with Crippen LogP contribution in [0.25, 0.3) is 0 Å². The highest BCUT2D eigenvalue weighted by atomic mass is 16.4. The second kappa shape index (κ2) is 6.18. The van der Waals surface area contributed by atoms with Gasteiger partial charge in [-0.15, -0.1) is 0 Å². The summed E-state index contributed by atoms with van der Waals surface area (Å²) in [4.78, 5) is 14.2. The molecule has 3 N–H and O–H groups in total. The Bertz CT molecular complexity index is 497. The van der Waals surface area contributed by atoms with Gasteiger partial charge in [-0.1, -0.05) is 30.3 Å². The van der Waals surface area contributed by atoms with Gasteiger partial charge in [0.1, 0.15) is 0 Å². The minimum atomic E-state index is -1.44. The topological polar surface area (TPSA) is 72.8 Å². The van der Waals surface area contributed by atoms with E-state index in [-0.39, 0.29) is 11.9 Å². The van der Waals surface area contributed by atoms with Crippen LogP contribution in [0.4, 0.5) is 0 Å². The summed E-state index contributed by atoms with van der Waals surface area (Å²) in [6.07, 6.45) is 2.27. The summed E-state index contributed by atoms with van der Waals surface area (Å²) in [5, 5.41) is 22.1. The Kier molecular flexibility index (Phi) is 4.28. The van der Waals surface area contributed by atoms with Crippen molar-refractivity contribution in [3.63, 3.8) is 0 Å². The number of likely N-dealkylation sites (tertiary alicyclic amines) is 1. The monoisotopic (exact) mass is 288 g/mol. The van der Waals surface area contributed by atoms with Crippen LogP contribution in [0.15, 0.2) is 30.3 Å². The van der Waals surface area contributed by atoms with E-state index in [1.807, 2.05) is 18.2 Å². The minimum absolute atomic E-state index is 0.00373. The van der Waals surface area contributed by atoms with Gasteiger partial charge in [0.25, 0.3) is 0 Å². The number of nitrogens with zero attached hydrogens (tertiary/aromatic N) is 1. The molecule has 1 aromatic carbocycles. The number of amides is 1. The molecule has 5 nitrogen and oxygen atoms in total. The maximum absolute atomic E-state index is 12.6. The van der Waals surface area contributed by atoms with E-state index in [4.69, 9.17) is 0 Å². The molecule has 0 aromatic heterocycles. The summed E-state index contributed by atoms with van der Waals surface area (Å²) in [7, 11) is -1.44. The fourth-order valence-corrected chi connectivity index (χ4v) is 3.48. The number of hydrogen-bond donors (Lipinski definition) is 3. The van der Waals surface area contributed by atoms with Crippen LogP contribution in [-0.4, -0.2) is 53.0 Å². The molecule has 2 fully saturated rings. The first-order chi connectivity index (χ1) is 10.2. The van der Waals surface area contributed by atoms with Crippen LogP contribution in [0.2, 0.25) is 0 Å². The quantitative estimate of drug-likeness (QED) is 0.692. The molecular weight excluding hydrogens is 267 g/mol. The average molecular weight is 288 g/mol. The number of benzene rings is 1. The molecule has 6 heteroatoms. The Morgan fingerprint density at radius 3 is 2.76 bits per heavy atom. The van der Waals surface area contributed by atoms with Crippen LogP contribution >= 0.6 is 0 Å². The molecule has 2 heterocycles. The zero-order valence-electron chi connectivity index (χ0n) is 12.0. The van der Waals surface area contributed by atoms with E-state index in [1.165, 1.54) is 5.56 Å². The number of carbonyl (C=O) groups excluding carboxylic acids is 1. The zero-order chi connectivity index (χ0) is 14.8. The van der Waals surface area contributed by atoms with Gasteiger partial charge in [0.05, 0.1) is 12.0 Å². The highest BCUT2D eigenvalue weighted by Crippen LogP contribution is 2.28. The third-order valence-corrected chi connectivity index (χ3v) is 4.63. The Morgan fingerprint density at radius 1 is 1.29 bits per heavy atom. The maximum atomic E-state index is 12.6. The van der Waals surface area contributed by atoms with E-state index in [9.17, 15) is 14.8 Å². The first-order valence-corrected chi connectivity index (χ1v) is 7.62. The Morgan fingerprint density at radius 2 is 2.05 bits per heavy atom. The second-order valence-electron chi connectivity index (χ2n) is 5.96. The van der Waals surface area contributed by atoms with Gasteiger partial charge in [-0.25, -0.2) is 0 Å². The van der Waals surface area contributed by atoms with Gasteiger partial charge in [0.15, 0.2) is 0 Å². The molecule has 3 atom stereocenters. The molecule has 3 rings (SSSR count). The van der Waals surface area contributed by atoms with E-state index in [1.54, 1.807) is 4.90 Å². The number of nitrogens with one attached hydrogen (secondary N) is 1. The van der Waals surface area contributed by atoms with Crippen LogP contribution in [0.5, 0.6) is 0 Å². The molecule has 1 amide bonds. The Balaban J connectivity index is 1.65. The molecule has 2 aliphatic heterocycles. The molecule has 0 bridgehead atoms. The number of carbonyl (C=O) groups is 1. The number of rotatable bonds is 3. The fraction of sp³-hybridized carbons (Fsp3) is 0.533. The molecule has 21 heavy (non-hydrogen) atoms. The first-order valence-electron chi connectivity index (χ1n) is 7.62. The van der Waals surface area contributed by atoms with Crippen molar-refractivity contribution in [2.45, 2.75) is 37.2 Å². The predicted molar refractivity (Wildman–Crippen MR) is 80.5 cm³/mol. The van der Waals surface area contributed by atoms with E-state index in [0.717, 1.165) is 19.4 Å². The number of hydrogen-bond acceptors (Lipinski definition) is 4. The maximum Gasteiger partial charge on any atom is 0.475 e. The molecule has 0 saturated carbocycles. The standard InChI is InChI=1S/C15H21BN2O3/c19-15(18-8-4-7-14(18)16(20)21)13-9-12(10-17-13)11-5-2-1-3-6-11/h1-3,5-6,12-14,17,20-21H,4,7-10H2/t12-,13?,14+/m1/s1. The molecule has 2 saturated heterocycles. The molecule has 1 unspecified atom stereocenters. The molecule has 112 valence electrons. The van der Waals surface area contributed by atoms with Gasteiger partial charge in [-0.3, -0.25) is 4.79 Å². The largest absolute Gasteiger partial charge is 0.475 e. The summed E-state index contributed by atoms with van der Waals surface area (Å²) >= 11 is 0.